The predicted octanol–water partition coefficient (Wildman–Crippen LogP) is 7.52. The maximum atomic E-state index is 13.7. The number of aromatic nitrogens is 3. The van der Waals surface area contributed by atoms with Gasteiger partial charge in [0.1, 0.15) is 11.6 Å². The zero-order chi connectivity index (χ0) is 34.9. The number of ether oxygens (including phenoxy) is 1. The second-order valence-electron chi connectivity index (χ2n) is 9.70. The molecule has 1 saturated heterocycles. The van der Waals surface area contributed by atoms with Crippen molar-refractivity contribution in [2.75, 3.05) is 36.0 Å². The number of benzene rings is 2. The van der Waals surface area contributed by atoms with Crippen molar-refractivity contribution in [2.45, 2.75) is 24.9 Å². The first-order chi connectivity index (χ1) is 21.6. The van der Waals surface area contributed by atoms with Crippen LogP contribution in [-0.2, 0) is 17.1 Å². The van der Waals surface area contributed by atoms with Gasteiger partial charge in [-0.1, -0.05) is 12.1 Å². The number of anilines is 2. The predicted molar refractivity (Wildman–Crippen MR) is 141 cm³/mol. The summed E-state index contributed by atoms with van der Waals surface area (Å²) in [6, 6.07) is 8.27. The van der Waals surface area contributed by atoms with E-state index in [-0.39, 0.29) is 60.1 Å². The van der Waals surface area contributed by atoms with Crippen LogP contribution in [0.15, 0.2) is 54.7 Å². The summed E-state index contributed by atoms with van der Waals surface area (Å²) in [5.74, 6) is -3.44. The summed E-state index contributed by atoms with van der Waals surface area (Å²) in [4.78, 5) is 23.1. The number of hydrogen-bond donors (Lipinski definition) is 2. The number of pyridine rings is 1. The van der Waals surface area contributed by atoms with Crippen molar-refractivity contribution < 1.29 is 67.3 Å². The lowest BCUT2D eigenvalue weighted by atomic mass is 10.0. The van der Waals surface area contributed by atoms with E-state index in [1.807, 2.05) is 0 Å². The summed E-state index contributed by atoms with van der Waals surface area (Å²) >= 11 is 0. The van der Waals surface area contributed by atoms with Crippen molar-refractivity contribution >= 4 is 28.8 Å². The Labute approximate surface area is 255 Å². The van der Waals surface area contributed by atoms with Gasteiger partial charge in [0.15, 0.2) is 0 Å². The van der Waals surface area contributed by atoms with Gasteiger partial charge in [-0.15, -0.1) is 13.2 Å². The minimum Gasteiger partial charge on any atom is -0.475 e. The molecule has 1 aliphatic rings. The number of alkyl halides is 12. The molecule has 2 aromatic carbocycles. The molecule has 0 spiro atoms. The number of hydrogen-bond acceptors (Lipinski definition) is 6. The highest BCUT2D eigenvalue weighted by Crippen LogP contribution is 2.39. The number of nitrogens with one attached hydrogen (secondary N) is 1. The van der Waals surface area contributed by atoms with Crippen LogP contribution in [0.4, 0.5) is 64.5 Å². The summed E-state index contributed by atoms with van der Waals surface area (Å²) in [7, 11) is 0. The van der Waals surface area contributed by atoms with Gasteiger partial charge in [0, 0.05) is 37.9 Å². The zero-order valence-electron chi connectivity index (χ0n) is 23.1. The number of aliphatic carboxylic acids is 1. The van der Waals surface area contributed by atoms with E-state index in [9.17, 15) is 52.7 Å². The number of piperazine rings is 1. The van der Waals surface area contributed by atoms with Crippen molar-refractivity contribution in [1.82, 2.24) is 15.0 Å². The van der Waals surface area contributed by atoms with Crippen molar-refractivity contribution in [3.05, 3.63) is 65.9 Å². The van der Waals surface area contributed by atoms with Gasteiger partial charge in [0.25, 0.3) is 0 Å². The molecule has 0 bridgehead atoms. The number of carbonyl (C=O) groups is 1. The molecule has 47 heavy (non-hydrogen) atoms. The molecule has 254 valence electrons. The highest BCUT2D eigenvalue weighted by molar-refractivity contribution is 5.94. The Kier molecular flexibility index (Phi) is 9.45. The summed E-state index contributed by atoms with van der Waals surface area (Å²) in [6.07, 6.45) is -18.2. The molecule has 1 aliphatic heterocycles. The first-order valence-electron chi connectivity index (χ1n) is 12.9. The smallest absolute Gasteiger partial charge is 0.475 e. The Morgan fingerprint density at radius 1 is 0.809 bits per heavy atom. The number of rotatable bonds is 4. The van der Waals surface area contributed by atoms with Gasteiger partial charge in [-0.05, 0) is 42.0 Å². The molecule has 0 radical (unpaired) electrons. The van der Waals surface area contributed by atoms with Crippen LogP contribution in [0.1, 0.15) is 11.1 Å². The average molecular weight is 689 g/mol. The van der Waals surface area contributed by atoms with Crippen molar-refractivity contribution in [3.8, 4) is 16.9 Å². The number of carboxylic acids is 1. The molecule has 0 atom stereocenters. The third-order valence-corrected chi connectivity index (χ3v) is 6.49. The summed E-state index contributed by atoms with van der Waals surface area (Å²) in [5, 5.41) is 7.12. The first-order valence-corrected chi connectivity index (χ1v) is 12.9. The molecular weight excluding hydrogens is 670 g/mol. The zero-order valence-corrected chi connectivity index (χ0v) is 23.1. The third kappa shape index (κ3) is 8.67. The molecule has 1 fully saturated rings. The van der Waals surface area contributed by atoms with E-state index < -0.39 is 47.7 Å². The first kappa shape index (κ1) is 35.0. The molecule has 0 saturated carbocycles. The number of carboxylic acid groups (broad SMARTS) is 1. The monoisotopic (exact) mass is 689 g/mol. The van der Waals surface area contributed by atoms with Crippen molar-refractivity contribution in [1.29, 1.82) is 0 Å². The normalized spacial score (nSPS) is 14.6. The topological polar surface area (TPSA) is 94.6 Å². The Hall–Kier alpha value is -4.91. The number of fused-ring (bicyclic) bond motifs is 1. The van der Waals surface area contributed by atoms with Crippen LogP contribution in [0.2, 0.25) is 0 Å². The molecule has 5 rings (SSSR count). The van der Waals surface area contributed by atoms with E-state index in [0.29, 0.717) is 0 Å². The number of H-pyrrole nitrogens is 1. The molecule has 8 nitrogen and oxygen atoms in total. The van der Waals surface area contributed by atoms with Gasteiger partial charge < -0.3 is 24.6 Å². The lowest BCUT2D eigenvalue weighted by Gasteiger charge is -2.36. The number of imidazole rings is 1. The molecule has 0 aliphatic carbocycles. The molecule has 0 amide bonds. The summed E-state index contributed by atoms with van der Waals surface area (Å²) < 4.78 is 155. The van der Waals surface area contributed by atoms with E-state index in [2.05, 4.69) is 19.7 Å². The second kappa shape index (κ2) is 12.7. The van der Waals surface area contributed by atoms with Crippen molar-refractivity contribution in [3.63, 3.8) is 0 Å². The van der Waals surface area contributed by atoms with E-state index >= 15 is 0 Å². The molecule has 2 aromatic heterocycles. The fourth-order valence-electron chi connectivity index (χ4n) is 4.50. The van der Waals surface area contributed by atoms with Crippen molar-refractivity contribution in [2.24, 2.45) is 0 Å². The van der Waals surface area contributed by atoms with Gasteiger partial charge >= 0.3 is 30.9 Å². The Morgan fingerprint density at radius 2 is 1.43 bits per heavy atom. The van der Waals surface area contributed by atoms with Gasteiger partial charge in [-0.3, -0.25) is 0 Å². The molecule has 3 heterocycles. The fraction of sp³-hybridized carbons (Fsp3) is 0.296. The van der Waals surface area contributed by atoms with Crippen LogP contribution in [-0.4, -0.2) is 64.7 Å². The second-order valence-corrected chi connectivity index (χ2v) is 9.70. The lowest BCUT2D eigenvalue weighted by molar-refractivity contribution is -0.274. The van der Waals surface area contributed by atoms with Crippen LogP contribution in [0.3, 0.4) is 0 Å². The fourth-order valence-corrected chi connectivity index (χ4v) is 4.50. The Morgan fingerprint density at radius 3 is 1.98 bits per heavy atom. The van der Waals surface area contributed by atoms with Crippen LogP contribution >= 0.6 is 0 Å². The highest BCUT2D eigenvalue weighted by atomic mass is 19.4. The SMILES string of the molecule is FC(F)(F)Oc1cccc(-c2cc(C(F)(F)F)cc3[nH]c(N4CCN(c5ncccc5C(F)(F)F)CC4)nc23)c1.O=C(O)C(F)(F)F. The highest BCUT2D eigenvalue weighted by Gasteiger charge is 2.39. The number of halogens is 12. The van der Waals surface area contributed by atoms with Gasteiger partial charge in [0.05, 0.1) is 22.2 Å². The lowest BCUT2D eigenvalue weighted by Crippen LogP contribution is -2.47. The molecular formula is C27H19F12N5O3. The van der Waals surface area contributed by atoms with Crippen LogP contribution in [0, 0.1) is 0 Å². The van der Waals surface area contributed by atoms with Gasteiger partial charge in [-0.2, -0.15) is 39.5 Å². The standard InChI is InChI=1S/C25H18F9N5O.C2HF3O2/c26-23(27,28)15-12-17(14-3-1-4-16(11-14)40-25(32,33)34)20-19(13-15)36-22(37-20)39-9-7-38(8-10-39)21-18(24(29,30)31)5-2-6-35-21;3-2(4,5)1(6)7/h1-6,11-13H,7-10H2,(H,36,37);(H,6,7). The Balaban J connectivity index is 0.000000644. The maximum Gasteiger partial charge on any atom is 0.573 e. The quantitative estimate of drug-likeness (QED) is 0.214. The van der Waals surface area contributed by atoms with E-state index in [1.54, 1.807) is 4.90 Å². The van der Waals surface area contributed by atoms with Gasteiger partial charge in [-0.25, -0.2) is 14.8 Å². The molecule has 2 N–H and O–H groups in total. The van der Waals surface area contributed by atoms with Crippen LogP contribution < -0.4 is 14.5 Å². The van der Waals surface area contributed by atoms with E-state index in [0.717, 1.165) is 30.3 Å². The number of nitrogens with zero attached hydrogens (tertiary/aromatic N) is 4. The average Bonchev–Trinajstić information content (AvgIpc) is 3.39. The minimum atomic E-state index is -5.08. The molecule has 4 aromatic rings. The van der Waals surface area contributed by atoms with E-state index in [1.165, 1.54) is 29.3 Å². The molecule has 20 heteroatoms. The Bertz CT molecular complexity index is 1720. The maximum absolute atomic E-state index is 13.7. The molecule has 0 unspecified atom stereocenters. The van der Waals surface area contributed by atoms with Gasteiger partial charge in [0.2, 0.25) is 5.95 Å². The minimum absolute atomic E-state index is 0.00977. The summed E-state index contributed by atoms with van der Waals surface area (Å²) in [6.45, 7) is 0.581. The van der Waals surface area contributed by atoms with Crippen LogP contribution in [0.25, 0.3) is 22.2 Å². The third-order valence-electron chi connectivity index (χ3n) is 6.49. The van der Waals surface area contributed by atoms with E-state index in [4.69, 9.17) is 9.90 Å². The summed E-state index contributed by atoms with van der Waals surface area (Å²) in [5.41, 5.74) is -1.95. The number of aromatic amines is 1. The largest absolute Gasteiger partial charge is 0.573 e. The van der Waals surface area contributed by atoms with Crippen LogP contribution in [0.5, 0.6) is 5.75 Å².